The Morgan fingerprint density at radius 1 is 1.47 bits per heavy atom. The summed E-state index contributed by atoms with van der Waals surface area (Å²) in [5.41, 5.74) is -0.469. The lowest BCUT2D eigenvalue weighted by molar-refractivity contribution is -0.145. The van der Waals surface area contributed by atoms with Gasteiger partial charge in [-0.15, -0.1) is 0 Å². The molecule has 0 spiro atoms. The van der Waals surface area contributed by atoms with Crippen molar-refractivity contribution in [2.24, 2.45) is 0 Å². The molecule has 94 valence electrons. The van der Waals surface area contributed by atoms with Gasteiger partial charge in [0.25, 0.3) is 0 Å². The molecule has 0 heterocycles. The summed E-state index contributed by atoms with van der Waals surface area (Å²) in [6.07, 6.45) is 0. The van der Waals surface area contributed by atoms with Crippen molar-refractivity contribution in [2.45, 2.75) is 13.0 Å². The van der Waals surface area contributed by atoms with Crippen LogP contribution in [0.25, 0.3) is 0 Å². The maximum Gasteiger partial charge on any atom is 0.327 e. The minimum absolute atomic E-state index is 0.109. The fraction of sp³-hybridized carbons (Fsp3) is 0.364. The van der Waals surface area contributed by atoms with E-state index >= 15 is 0 Å². The smallest absolute Gasteiger partial charge is 0.327 e. The molecule has 1 atom stereocenters. The summed E-state index contributed by atoms with van der Waals surface area (Å²) in [5, 5.41) is 11.5. The Morgan fingerprint density at radius 2 is 2.00 bits per heavy atom. The first kappa shape index (κ1) is 13.4. The standard InChI is InChI=1S/C11H13F2NO3/c1-3-17-11(16)10(14-2)9-7(12)4-6(15)5-8(9)13/h4-5,10,14-15H,3H2,1-2H3. The number of likely N-dealkylation sites (N-methyl/N-ethyl adjacent to an activating group) is 1. The Hall–Kier alpha value is -1.69. The molecule has 0 saturated heterocycles. The van der Waals surface area contributed by atoms with Gasteiger partial charge in [0.05, 0.1) is 12.2 Å². The Balaban J connectivity index is 3.16. The van der Waals surface area contributed by atoms with Crippen molar-refractivity contribution in [3.63, 3.8) is 0 Å². The highest BCUT2D eigenvalue weighted by Crippen LogP contribution is 2.25. The summed E-state index contributed by atoms with van der Waals surface area (Å²) >= 11 is 0. The van der Waals surface area contributed by atoms with Crippen molar-refractivity contribution in [2.75, 3.05) is 13.7 Å². The molecule has 0 fully saturated rings. The van der Waals surface area contributed by atoms with E-state index in [1.165, 1.54) is 7.05 Å². The van der Waals surface area contributed by atoms with Crippen LogP contribution in [0.1, 0.15) is 18.5 Å². The molecule has 17 heavy (non-hydrogen) atoms. The average molecular weight is 245 g/mol. The van der Waals surface area contributed by atoms with E-state index in [0.717, 1.165) is 12.1 Å². The lowest BCUT2D eigenvalue weighted by atomic mass is 10.1. The molecule has 0 aliphatic carbocycles. The first-order valence-corrected chi connectivity index (χ1v) is 5.03. The Bertz CT molecular complexity index is 400. The van der Waals surface area contributed by atoms with Gasteiger partial charge in [-0.2, -0.15) is 0 Å². The van der Waals surface area contributed by atoms with Gasteiger partial charge in [0, 0.05) is 12.1 Å². The zero-order valence-electron chi connectivity index (χ0n) is 9.46. The molecule has 0 amide bonds. The third-order valence-corrected chi connectivity index (χ3v) is 2.16. The van der Waals surface area contributed by atoms with Gasteiger partial charge in [-0.05, 0) is 14.0 Å². The molecule has 2 N–H and O–H groups in total. The lowest BCUT2D eigenvalue weighted by Gasteiger charge is -2.16. The molecule has 6 heteroatoms. The monoisotopic (exact) mass is 245 g/mol. The summed E-state index contributed by atoms with van der Waals surface area (Å²) in [6.45, 7) is 1.70. The van der Waals surface area contributed by atoms with Crippen LogP contribution in [0.15, 0.2) is 12.1 Å². The van der Waals surface area contributed by atoms with Crippen molar-refractivity contribution in [3.05, 3.63) is 29.3 Å². The normalized spacial score (nSPS) is 12.2. The SMILES string of the molecule is CCOC(=O)C(NC)c1c(F)cc(O)cc1F. The maximum atomic E-state index is 13.5. The van der Waals surface area contributed by atoms with Gasteiger partial charge in [-0.1, -0.05) is 0 Å². The molecule has 1 rings (SSSR count). The number of carbonyl (C=O) groups excluding carboxylic acids is 1. The lowest BCUT2D eigenvalue weighted by Crippen LogP contribution is -2.29. The van der Waals surface area contributed by atoms with E-state index in [4.69, 9.17) is 9.84 Å². The van der Waals surface area contributed by atoms with Crippen LogP contribution >= 0.6 is 0 Å². The second-order valence-electron chi connectivity index (χ2n) is 3.30. The number of phenolic OH excluding ortho intramolecular Hbond substituents is 1. The average Bonchev–Trinajstić information content (AvgIpc) is 2.23. The molecule has 0 bridgehead atoms. The van der Waals surface area contributed by atoms with E-state index < -0.39 is 35.0 Å². The van der Waals surface area contributed by atoms with Gasteiger partial charge in [0.2, 0.25) is 0 Å². The molecule has 0 aromatic heterocycles. The van der Waals surface area contributed by atoms with Gasteiger partial charge in [-0.25, -0.2) is 13.6 Å². The largest absolute Gasteiger partial charge is 0.508 e. The summed E-state index contributed by atoms with van der Waals surface area (Å²) in [7, 11) is 1.38. The first-order valence-electron chi connectivity index (χ1n) is 5.03. The van der Waals surface area contributed by atoms with Gasteiger partial charge in [0.1, 0.15) is 23.4 Å². The molecule has 1 unspecified atom stereocenters. The molecule has 1 aromatic rings. The minimum Gasteiger partial charge on any atom is -0.508 e. The summed E-state index contributed by atoms with van der Waals surface area (Å²) in [4.78, 5) is 11.5. The van der Waals surface area contributed by atoms with Crippen LogP contribution in [0.3, 0.4) is 0 Å². The highest BCUT2D eigenvalue weighted by molar-refractivity contribution is 5.77. The predicted molar refractivity (Wildman–Crippen MR) is 56.5 cm³/mol. The summed E-state index contributed by atoms with van der Waals surface area (Å²) in [5.74, 6) is -3.33. The fourth-order valence-electron chi connectivity index (χ4n) is 1.45. The number of esters is 1. The molecule has 1 aromatic carbocycles. The van der Waals surface area contributed by atoms with Crippen molar-refractivity contribution < 1.29 is 23.4 Å². The number of hydrogen-bond acceptors (Lipinski definition) is 4. The van der Waals surface area contributed by atoms with Gasteiger partial charge < -0.3 is 15.2 Å². The Kier molecular flexibility index (Phi) is 4.39. The maximum absolute atomic E-state index is 13.5. The number of benzene rings is 1. The zero-order valence-corrected chi connectivity index (χ0v) is 9.46. The number of ether oxygens (including phenoxy) is 1. The number of phenols is 1. The van der Waals surface area contributed by atoms with E-state index in [0.29, 0.717) is 0 Å². The zero-order chi connectivity index (χ0) is 13.0. The fourth-order valence-corrected chi connectivity index (χ4v) is 1.45. The van der Waals surface area contributed by atoms with Crippen molar-refractivity contribution in [3.8, 4) is 5.75 Å². The quantitative estimate of drug-likeness (QED) is 0.789. The second-order valence-corrected chi connectivity index (χ2v) is 3.30. The number of halogens is 2. The molecule has 0 radical (unpaired) electrons. The Labute approximate surface area is 97.2 Å². The molecule has 4 nitrogen and oxygen atoms in total. The third kappa shape index (κ3) is 2.91. The predicted octanol–water partition coefficient (Wildman–Crippen LogP) is 1.49. The highest BCUT2D eigenvalue weighted by atomic mass is 19.1. The third-order valence-electron chi connectivity index (χ3n) is 2.16. The van der Waals surface area contributed by atoms with Crippen LogP contribution in [-0.2, 0) is 9.53 Å². The van der Waals surface area contributed by atoms with E-state index in [1.807, 2.05) is 0 Å². The van der Waals surface area contributed by atoms with E-state index in [2.05, 4.69) is 5.32 Å². The number of carbonyl (C=O) groups is 1. The molecule has 0 aliphatic heterocycles. The number of nitrogens with one attached hydrogen (secondary N) is 1. The van der Waals surface area contributed by atoms with E-state index in [9.17, 15) is 13.6 Å². The number of rotatable bonds is 4. The summed E-state index contributed by atoms with van der Waals surface area (Å²) in [6, 6.07) is 0.236. The molecule has 0 aliphatic rings. The van der Waals surface area contributed by atoms with Crippen LogP contribution < -0.4 is 5.32 Å². The van der Waals surface area contributed by atoms with Crippen LogP contribution in [-0.4, -0.2) is 24.7 Å². The Morgan fingerprint density at radius 3 is 2.41 bits per heavy atom. The number of hydrogen-bond donors (Lipinski definition) is 2. The number of aromatic hydroxyl groups is 1. The van der Waals surface area contributed by atoms with Gasteiger partial charge >= 0.3 is 5.97 Å². The van der Waals surface area contributed by atoms with Crippen LogP contribution in [0.5, 0.6) is 5.75 Å². The van der Waals surface area contributed by atoms with E-state index in [-0.39, 0.29) is 6.61 Å². The summed E-state index contributed by atoms with van der Waals surface area (Å²) < 4.78 is 31.7. The minimum atomic E-state index is -1.24. The van der Waals surface area contributed by atoms with Gasteiger partial charge in [0.15, 0.2) is 0 Å². The topological polar surface area (TPSA) is 58.6 Å². The second kappa shape index (κ2) is 5.58. The first-order chi connectivity index (χ1) is 8.01. The molecular formula is C11H13F2NO3. The van der Waals surface area contributed by atoms with Crippen LogP contribution in [0.4, 0.5) is 8.78 Å². The van der Waals surface area contributed by atoms with E-state index in [1.54, 1.807) is 6.92 Å². The van der Waals surface area contributed by atoms with Crippen molar-refractivity contribution in [1.29, 1.82) is 0 Å². The van der Waals surface area contributed by atoms with Gasteiger partial charge in [-0.3, -0.25) is 0 Å². The van der Waals surface area contributed by atoms with Crippen molar-refractivity contribution in [1.82, 2.24) is 5.32 Å². The van der Waals surface area contributed by atoms with Crippen LogP contribution in [0, 0.1) is 11.6 Å². The van der Waals surface area contributed by atoms with Crippen molar-refractivity contribution >= 4 is 5.97 Å². The van der Waals surface area contributed by atoms with Crippen LogP contribution in [0.2, 0.25) is 0 Å². The molecular weight excluding hydrogens is 232 g/mol. The molecule has 0 saturated carbocycles. The highest BCUT2D eigenvalue weighted by Gasteiger charge is 2.27.